The van der Waals surface area contributed by atoms with Gasteiger partial charge in [0.1, 0.15) is 19.8 Å². The lowest BCUT2D eigenvalue weighted by atomic mass is 10.0. The van der Waals surface area contributed by atoms with Gasteiger partial charge in [0.25, 0.3) is 7.82 Å². The third-order valence-corrected chi connectivity index (χ3v) is 15.8. The molecule has 0 bridgehead atoms. The summed E-state index contributed by atoms with van der Waals surface area (Å²) in [7, 11) is 1.15. The van der Waals surface area contributed by atoms with Gasteiger partial charge in [-0.05, 0) is 70.6 Å². The highest BCUT2D eigenvalue weighted by Gasteiger charge is 2.22. The second kappa shape index (κ2) is 59.6. The van der Waals surface area contributed by atoms with Crippen LogP contribution in [0.25, 0.3) is 0 Å². The smallest absolute Gasteiger partial charge is 0.306 e. The summed E-state index contributed by atoms with van der Waals surface area (Å²) in [5.41, 5.74) is 0. The van der Waals surface area contributed by atoms with Crippen LogP contribution in [0.5, 0.6) is 0 Å². The van der Waals surface area contributed by atoms with Crippen LogP contribution in [0.15, 0.2) is 48.6 Å². The van der Waals surface area contributed by atoms with Crippen LogP contribution in [0.2, 0.25) is 0 Å². The summed E-state index contributed by atoms with van der Waals surface area (Å²) in [5.74, 6) is -0.858. The molecule has 0 aromatic heterocycles. The number of esters is 2. The van der Waals surface area contributed by atoms with Crippen LogP contribution in [-0.4, -0.2) is 70.0 Å². The molecule has 0 aromatic rings. The molecule has 78 heavy (non-hydrogen) atoms. The second-order valence-corrected chi connectivity index (χ2v) is 25.2. The molecule has 0 fully saturated rings. The third-order valence-electron chi connectivity index (χ3n) is 14.8. The zero-order valence-electron chi connectivity index (χ0n) is 52.1. The minimum absolute atomic E-state index is 0.0362. The minimum atomic E-state index is -4.64. The Morgan fingerprint density at radius 3 is 1.12 bits per heavy atom. The Balaban J connectivity index is 3.80. The number of nitrogens with zero attached hydrogens (tertiary/aromatic N) is 1. The average molecular weight is 1120 g/mol. The summed E-state index contributed by atoms with van der Waals surface area (Å²) in [6, 6.07) is 0. The maximum atomic E-state index is 12.7. The molecule has 0 aromatic carbocycles. The van der Waals surface area contributed by atoms with E-state index in [0.29, 0.717) is 17.4 Å². The summed E-state index contributed by atoms with van der Waals surface area (Å²) < 4.78 is 34.1. The van der Waals surface area contributed by atoms with Gasteiger partial charge in [0.15, 0.2) is 6.10 Å². The fourth-order valence-electron chi connectivity index (χ4n) is 9.73. The monoisotopic (exact) mass is 1120 g/mol. The molecular weight excluding hydrogens is 990 g/mol. The summed E-state index contributed by atoms with van der Waals surface area (Å²) in [4.78, 5) is 37.8. The fourth-order valence-corrected chi connectivity index (χ4v) is 10.5. The molecule has 0 aliphatic heterocycles. The highest BCUT2D eigenvalue weighted by molar-refractivity contribution is 7.45. The molecule has 10 heteroatoms. The number of carbonyl (C=O) groups is 2. The number of allylic oxidation sites excluding steroid dienone is 8. The van der Waals surface area contributed by atoms with E-state index in [1.165, 1.54) is 231 Å². The maximum absolute atomic E-state index is 12.7. The number of likely N-dealkylation sites (N-methyl/N-ethyl adjacent to an activating group) is 1. The van der Waals surface area contributed by atoms with Crippen LogP contribution >= 0.6 is 7.82 Å². The van der Waals surface area contributed by atoms with E-state index in [1.54, 1.807) is 0 Å². The summed E-state index contributed by atoms with van der Waals surface area (Å²) >= 11 is 0. The van der Waals surface area contributed by atoms with Gasteiger partial charge in [-0.1, -0.05) is 287 Å². The standard InChI is InChI=1S/C68H128NO8P/c1-6-8-10-12-14-16-18-20-21-22-23-24-25-26-27-28-29-30-31-32-33-34-35-36-37-38-39-40-41-42-43-44-45-46-47-49-50-52-54-56-58-60-67(70)74-64-66(65-76-78(72,73)75-63-62-69(3,4)5)77-68(71)61-59-57-55-53-51-48-19-17-15-13-11-9-7-2/h9,11,15,17,22-23,48,51,66H,6-8,10,12-14,16,18-21,24-47,49-50,52-65H2,1-5H3/b11-9-,17-15-,23-22-,51-48-. The number of quaternary nitrogens is 1. The molecule has 0 aliphatic carbocycles. The fraction of sp³-hybridized carbons (Fsp3) is 0.853. The van der Waals surface area contributed by atoms with Crippen LogP contribution in [0.3, 0.4) is 0 Å². The van der Waals surface area contributed by atoms with Gasteiger partial charge in [-0.3, -0.25) is 14.2 Å². The molecule has 2 atom stereocenters. The van der Waals surface area contributed by atoms with Gasteiger partial charge < -0.3 is 27.9 Å². The number of ether oxygens (including phenoxy) is 2. The van der Waals surface area contributed by atoms with Gasteiger partial charge in [0.05, 0.1) is 27.7 Å². The topological polar surface area (TPSA) is 111 Å². The van der Waals surface area contributed by atoms with Gasteiger partial charge in [-0.15, -0.1) is 0 Å². The lowest BCUT2D eigenvalue weighted by molar-refractivity contribution is -0.870. The predicted molar refractivity (Wildman–Crippen MR) is 333 cm³/mol. The zero-order valence-corrected chi connectivity index (χ0v) is 53.0. The van der Waals surface area contributed by atoms with Gasteiger partial charge in [-0.25, -0.2) is 0 Å². The van der Waals surface area contributed by atoms with Gasteiger partial charge in [-0.2, -0.15) is 0 Å². The van der Waals surface area contributed by atoms with Gasteiger partial charge >= 0.3 is 11.9 Å². The Morgan fingerprint density at radius 2 is 0.731 bits per heavy atom. The number of phosphoric ester groups is 1. The molecule has 0 N–H and O–H groups in total. The van der Waals surface area contributed by atoms with E-state index < -0.39 is 26.5 Å². The predicted octanol–water partition coefficient (Wildman–Crippen LogP) is 20.6. The van der Waals surface area contributed by atoms with Crippen molar-refractivity contribution < 1.29 is 42.1 Å². The molecule has 458 valence electrons. The van der Waals surface area contributed by atoms with E-state index >= 15 is 0 Å². The minimum Gasteiger partial charge on any atom is -0.756 e. The molecule has 0 radical (unpaired) electrons. The van der Waals surface area contributed by atoms with Crippen molar-refractivity contribution >= 4 is 19.8 Å². The van der Waals surface area contributed by atoms with Crippen LogP contribution in [0.4, 0.5) is 0 Å². The average Bonchev–Trinajstić information content (AvgIpc) is 3.40. The normalized spacial score (nSPS) is 13.5. The molecule has 0 spiro atoms. The van der Waals surface area contributed by atoms with E-state index in [-0.39, 0.29) is 32.0 Å². The first-order valence-corrected chi connectivity index (χ1v) is 34.8. The van der Waals surface area contributed by atoms with Crippen molar-refractivity contribution in [1.29, 1.82) is 0 Å². The van der Waals surface area contributed by atoms with Gasteiger partial charge in [0, 0.05) is 12.8 Å². The van der Waals surface area contributed by atoms with Crippen LogP contribution in [-0.2, 0) is 32.7 Å². The Morgan fingerprint density at radius 1 is 0.410 bits per heavy atom. The molecule has 2 unspecified atom stereocenters. The van der Waals surface area contributed by atoms with Crippen molar-refractivity contribution in [3.63, 3.8) is 0 Å². The largest absolute Gasteiger partial charge is 0.756 e. The van der Waals surface area contributed by atoms with E-state index in [0.717, 1.165) is 57.8 Å². The van der Waals surface area contributed by atoms with Crippen molar-refractivity contribution in [3.8, 4) is 0 Å². The van der Waals surface area contributed by atoms with Crippen molar-refractivity contribution in [2.75, 3.05) is 47.5 Å². The number of hydrogen-bond acceptors (Lipinski definition) is 8. The number of unbranched alkanes of at least 4 members (excludes halogenated alkanes) is 40. The lowest BCUT2D eigenvalue weighted by Crippen LogP contribution is -2.37. The van der Waals surface area contributed by atoms with Crippen molar-refractivity contribution in [2.24, 2.45) is 0 Å². The van der Waals surface area contributed by atoms with Crippen molar-refractivity contribution in [1.82, 2.24) is 0 Å². The maximum Gasteiger partial charge on any atom is 0.306 e. The van der Waals surface area contributed by atoms with Crippen molar-refractivity contribution in [3.05, 3.63) is 48.6 Å². The van der Waals surface area contributed by atoms with Crippen LogP contribution in [0.1, 0.15) is 322 Å². The SMILES string of the molecule is CC/C=C\C/C=C\C/C=C\CCCCCC(=O)OC(COC(=O)CCCCCCCCCCCCCCCCCCCCCCCCCCCCCCC/C=C\CCCCCCCCCC)COP(=O)([O-])OCC[N+](C)(C)C. The second-order valence-electron chi connectivity index (χ2n) is 23.8. The van der Waals surface area contributed by atoms with E-state index in [9.17, 15) is 19.0 Å². The first-order chi connectivity index (χ1) is 38.0. The molecular formula is C68H128NO8P. The quantitative estimate of drug-likeness (QED) is 0.0195. The van der Waals surface area contributed by atoms with E-state index in [4.69, 9.17) is 18.5 Å². The Labute approximate surface area is 484 Å². The van der Waals surface area contributed by atoms with E-state index in [2.05, 4.69) is 62.5 Å². The summed E-state index contributed by atoms with van der Waals surface area (Å²) in [6.45, 7) is 4.12. The molecule has 0 amide bonds. The molecule has 0 aliphatic rings. The Kier molecular flexibility index (Phi) is 58.0. The third kappa shape index (κ3) is 63.2. The summed E-state index contributed by atoms with van der Waals surface area (Å²) in [6.07, 6.45) is 76.7. The first kappa shape index (κ1) is 76.0. The number of hydrogen-bond donors (Lipinski definition) is 0. The lowest BCUT2D eigenvalue weighted by Gasteiger charge is -2.28. The molecule has 0 rings (SSSR count). The van der Waals surface area contributed by atoms with Crippen molar-refractivity contribution in [2.45, 2.75) is 328 Å². The molecule has 9 nitrogen and oxygen atoms in total. The highest BCUT2D eigenvalue weighted by atomic mass is 31.2. The number of carbonyl (C=O) groups excluding carboxylic acids is 2. The Bertz CT molecular complexity index is 1460. The molecule has 0 heterocycles. The first-order valence-electron chi connectivity index (χ1n) is 33.3. The zero-order chi connectivity index (χ0) is 57.0. The Hall–Kier alpha value is -2.03. The molecule has 0 saturated carbocycles. The van der Waals surface area contributed by atoms with E-state index in [1.807, 2.05) is 21.1 Å². The highest BCUT2D eigenvalue weighted by Crippen LogP contribution is 2.38. The number of rotatable bonds is 62. The molecule has 0 saturated heterocycles. The summed E-state index contributed by atoms with van der Waals surface area (Å²) in [5, 5.41) is 0. The van der Waals surface area contributed by atoms with Crippen LogP contribution in [0, 0.1) is 0 Å². The number of phosphoric acid groups is 1. The van der Waals surface area contributed by atoms with Crippen LogP contribution < -0.4 is 4.89 Å². The van der Waals surface area contributed by atoms with Gasteiger partial charge in [0.2, 0.25) is 0 Å².